The van der Waals surface area contributed by atoms with Crippen molar-refractivity contribution in [3.63, 3.8) is 0 Å². The molecule has 0 aromatic heterocycles. The van der Waals surface area contributed by atoms with Crippen LogP contribution in [0.1, 0.15) is 37.3 Å². The van der Waals surface area contributed by atoms with Crippen molar-refractivity contribution in [1.82, 2.24) is 5.32 Å². The number of nitrogens with one attached hydrogen (secondary N) is 1. The maximum absolute atomic E-state index is 11.6. The molecular formula is C15H20N2O4. The number of nitrogens with zero attached hydrogens (tertiary/aromatic N) is 1. The van der Waals surface area contributed by atoms with E-state index in [0.29, 0.717) is 18.5 Å². The third kappa shape index (κ3) is 7.71. The van der Waals surface area contributed by atoms with Crippen LogP contribution >= 0.6 is 0 Å². The molecule has 1 N–H and O–H groups in total. The van der Waals surface area contributed by atoms with E-state index in [2.05, 4.69) is 10.2 Å². The number of unbranched alkanes of at least 4 members (excludes halogenated alkanes) is 1. The zero-order valence-electron chi connectivity index (χ0n) is 12.1. The molecule has 0 radical (unpaired) electrons. The van der Waals surface area contributed by atoms with Gasteiger partial charge in [0.1, 0.15) is 6.61 Å². The second kappa shape index (κ2) is 9.52. The predicted molar refractivity (Wildman–Crippen MR) is 78.7 cm³/mol. The molecule has 114 valence electrons. The van der Waals surface area contributed by atoms with Crippen molar-refractivity contribution >= 4 is 5.91 Å². The molecule has 0 heterocycles. The molecule has 0 aliphatic carbocycles. The van der Waals surface area contributed by atoms with Crippen molar-refractivity contribution in [2.24, 2.45) is 0 Å². The Morgan fingerprint density at radius 3 is 2.90 bits per heavy atom. The van der Waals surface area contributed by atoms with Crippen LogP contribution in [0.4, 0.5) is 0 Å². The molecule has 1 amide bonds. The van der Waals surface area contributed by atoms with Crippen LogP contribution in [0.5, 0.6) is 0 Å². The number of carbonyl (C=O) groups is 1. The number of benzene rings is 1. The normalized spacial score (nSPS) is 10.5. The zero-order chi connectivity index (χ0) is 15.5. The second-order valence-electron chi connectivity index (χ2n) is 4.55. The van der Waals surface area contributed by atoms with E-state index in [1.807, 2.05) is 25.1 Å². The molecule has 0 bridgehead atoms. The van der Waals surface area contributed by atoms with Crippen LogP contribution in [0.2, 0.25) is 0 Å². The molecule has 0 atom stereocenters. The van der Waals surface area contributed by atoms with Crippen molar-refractivity contribution in [1.29, 1.82) is 0 Å². The molecule has 21 heavy (non-hydrogen) atoms. The third-order valence-corrected chi connectivity index (χ3v) is 2.83. The summed E-state index contributed by atoms with van der Waals surface area (Å²) >= 11 is 0. The monoisotopic (exact) mass is 292 g/mol. The standard InChI is InChI=1S/C15H20N2O4/c1-2-3-4-5-9-15(18)16-11-13-7-6-8-14(10-13)12-21-17(19)20/h2-3,6-8,10H,4-5,9,11-12H2,1H3,(H,16,18). The lowest BCUT2D eigenvalue weighted by Crippen LogP contribution is -2.22. The topological polar surface area (TPSA) is 81.5 Å². The highest BCUT2D eigenvalue weighted by atomic mass is 16.9. The van der Waals surface area contributed by atoms with E-state index in [1.54, 1.807) is 18.2 Å². The van der Waals surface area contributed by atoms with Crippen LogP contribution in [-0.4, -0.2) is 11.0 Å². The second-order valence-corrected chi connectivity index (χ2v) is 4.55. The minimum atomic E-state index is -0.820. The summed E-state index contributed by atoms with van der Waals surface area (Å²) in [7, 11) is 0. The summed E-state index contributed by atoms with van der Waals surface area (Å²) in [6.07, 6.45) is 6.22. The van der Waals surface area contributed by atoms with Gasteiger partial charge in [-0.15, -0.1) is 10.1 Å². The lowest BCUT2D eigenvalue weighted by atomic mass is 10.1. The lowest BCUT2D eigenvalue weighted by Gasteiger charge is -2.07. The first-order chi connectivity index (χ1) is 10.1. The van der Waals surface area contributed by atoms with E-state index in [9.17, 15) is 14.9 Å². The molecular weight excluding hydrogens is 272 g/mol. The molecule has 6 nitrogen and oxygen atoms in total. The molecule has 6 heteroatoms. The Kier molecular flexibility index (Phi) is 7.56. The smallest absolute Gasteiger partial charge is 0.294 e. The molecule has 0 aliphatic heterocycles. The van der Waals surface area contributed by atoms with Crippen LogP contribution in [-0.2, 0) is 22.8 Å². The van der Waals surface area contributed by atoms with E-state index in [1.165, 1.54) is 0 Å². The van der Waals surface area contributed by atoms with Crippen molar-refractivity contribution in [3.05, 3.63) is 57.7 Å². The van der Waals surface area contributed by atoms with Gasteiger partial charge in [-0.05, 0) is 30.9 Å². The minimum Gasteiger partial charge on any atom is -0.352 e. The fourth-order valence-corrected chi connectivity index (χ4v) is 1.79. The summed E-state index contributed by atoms with van der Waals surface area (Å²) in [5, 5.41) is 12.2. The Hall–Kier alpha value is -2.37. The van der Waals surface area contributed by atoms with E-state index in [4.69, 9.17) is 0 Å². The summed E-state index contributed by atoms with van der Waals surface area (Å²) in [5.41, 5.74) is 1.59. The number of hydrogen-bond donors (Lipinski definition) is 1. The quantitative estimate of drug-likeness (QED) is 0.328. The van der Waals surface area contributed by atoms with E-state index in [0.717, 1.165) is 18.4 Å². The SMILES string of the molecule is CC=CCCCC(=O)NCc1cccc(CO[N+](=O)[O-])c1. The maximum Gasteiger partial charge on any atom is 0.294 e. The Morgan fingerprint density at radius 1 is 1.43 bits per heavy atom. The molecule has 0 aliphatic rings. The van der Waals surface area contributed by atoms with Crippen LogP contribution in [0.3, 0.4) is 0 Å². The molecule has 0 saturated heterocycles. The van der Waals surface area contributed by atoms with Gasteiger partial charge in [-0.1, -0.05) is 36.4 Å². The maximum atomic E-state index is 11.6. The Labute approximate surface area is 123 Å². The van der Waals surface area contributed by atoms with Crippen molar-refractivity contribution < 1.29 is 14.7 Å². The summed E-state index contributed by atoms with van der Waals surface area (Å²) in [6, 6.07) is 7.16. The average Bonchev–Trinajstić information content (AvgIpc) is 2.48. The average molecular weight is 292 g/mol. The van der Waals surface area contributed by atoms with E-state index < -0.39 is 5.09 Å². The number of rotatable bonds is 9. The molecule has 1 aromatic carbocycles. The Bertz CT molecular complexity index is 500. The summed E-state index contributed by atoms with van der Waals surface area (Å²) in [5.74, 6) is 0.00597. The zero-order valence-corrected chi connectivity index (χ0v) is 12.1. The first-order valence-corrected chi connectivity index (χ1v) is 6.85. The van der Waals surface area contributed by atoms with Crippen LogP contribution in [0.25, 0.3) is 0 Å². The third-order valence-electron chi connectivity index (χ3n) is 2.83. The number of carbonyl (C=O) groups excluding carboxylic acids is 1. The first kappa shape index (κ1) is 16.7. The van der Waals surface area contributed by atoms with Gasteiger partial charge in [-0.3, -0.25) is 4.79 Å². The van der Waals surface area contributed by atoms with Gasteiger partial charge < -0.3 is 10.2 Å². The van der Waals surface area contributed by atoms with Crippen molar-refractivity contribution in [3.8, 4) is 0 Å². The fourth-order valence-electron chi connectivity index (χ4n) is 1.79. The van der Waals surface area contributed by atoms with E-state index in [-0.39, 0.29) is 12.5 Å². The van der Waals surface area contributed by atoms with Crippen LogP contribution < -0.4 is 5.32 Å². The van der Waals surface area contributed by atoms with Gasteiger partial charge in [0.2, 0.25) is 5.91 Å². The molecule has 0 fully saturated rings. The summed E-state index contributed by atoms with van der Waals surface area (Å²) < 4.78 is 0. The van der Waals surface area contributed by atoms with E-state index >= 15 is 0 Å². The molecule has 0 spiro atoms. The highest BCUT2D eigenvalue weighted by Gasteiger charge is 2.02. The van der Waals surface area contributed by atoms with Gasteiger partial charge in [-0.25, -0.2) is 0 Å². The molecule has 1 rings (SSSR count). The lowest BCUT2D eigenvalue weighted by molar-refractivity contribution is -0.763. The summed E-state index contributed by atoms with van der Waals surface area (Å²) in [6.45, 7) is 2.28. The van der Waals surface area contributed by atoms with Crippen molar-refractivity contribution in [2.75, 3.05) is 0 Å². The summed E-state index contributed by atoms with van der Waals surface area (Å²) in [4.78, 5) is 26.1. The van der Waals surface area contributed by atoms with Gasteiger partial charge in [0.05, 0.1) is 0 Å². The highest BCUT2D eigenvalue weighted by molar-refractivity contribution is 5.75. The largest absolute Gasteiger partial charge is 0.352 e. The molecule has 1 aromatic rings. The van der Waals surface area contributed by atoms with Gasteiger partial charge in [0.15, 0.2) is 0 Å². The predicted octanol–water partition coefficient (Wildman–Crippen LogP) is 2.76. The van der Waals surface area contributed by atoms with Gasteiger partial charge in [0.25, 0.3) is 5.09 Å². The number of hydrogen-bond acceptors (Lipinski definition) is 4. The van der Waals surface area contributed by atoms with Gasteiger partial charge in [0, 0.05) is 13.0 Å². The Morgan fingerprint density at radius 2 is 2.19 bits per heavy atom. The number of allylic oxidation sites excluding steroid dienone is 2. The van der Waals surface area contributed by atoms with Gasteiger partial charge in [-0.2, -0.15) is 0 Å². The highest BCUT2D eigenvalue weighted by Crippen LogP contribution is 2.07. The van der Waals surface area contributed by atoms with Crippen LogP contribution in [0, 0.1) is 10.1 Å². The first-order valence-electron chi connectivity index (χ1n) is 6.85. The van der Waals surface area contributed by atoms with Crippen LogP contribution in [0.15, 0.2) is 36.4 Å². The molecule has 0 saturated carbocycles. The Balaban J connectivity index is 2.35. The fraction of sp³-hybridized carbons (Fsp3) is 0.400. The molecule has 0 unspecified atom stereocenters. The minimum absolute atomic E-state index is 0.00597. The van der Waals surface area contributed by atoms with Gasteiger partial charge >= 0.3 is 0 Å². The number of amides is 1. The van der Waals surface area contributed by atoms with Crippen molar-refractivity contribution in [2.45, 2.75) is 39.3 Å².